The van der Waals surface area contributed by atoms with Gasteiger partial charge in [-0.3, -0.25) is 4.79 Å². The van der Waals surface area contributed by atoms with E-state index in [4.69, 9.17) is 10.5 Å². The summed E-state index contributed by atoms with van der Waals surface area (Å²) in [5.41, 5.74) is 5.50. The second-order valence-electron chi connectivity index (χ2n) is 4.73. The Bertz CT molecular complexity index is 295. The highest BCUT2D eigenvalue weighted by Gasteiger charge is 2.29. The number of nitrogens with two attached hydrogens (primary N) is 1. The lowest BCUT2D eigenvalue weighted by molar-refractivity contribution is -0.142. The zero-order valence-corrected chi connectivity index (χ0v) is 13.9. The Hall–Kier alpha value is -1.05. The fraction of sp³-hybridized carbons (Fsp3) is 0.846. The van der Waals surface area contributed by atoms with Crippen LogP contribution in [0.15, 0.2) is 0 Å². The van der Waals surface area contributed by atoms with E-state index in [9.17, 15) is 9.59 Å². The molecule has 124 valence electrons. The minimum Gasteiger partial charge on any atom is -0.370 e. The first-order valence-electron chi connectivity index (χ1n) is 7.14. The zero-order valence-electron chi connectivity index (χ0n) is 13.1. The standard InChI is InChI=1S/C13H26N4O3.ClH/c1-4-15(5-2)13(19)17-8-6-16(7-9-17)12(18)11(10-14)20-3;/h11H,4-10,14H2,1-3H3;1H. The Balaban J connectivity index is 0.00000400. The summed E-state index contributed by atoms with van der Waals surface area (Å²) in [7, 11) is 1.48. The molecule has 0 bridgehead atoms. The van der Waals surface area contributed by atoms with Gasteiger partial charge in [0.25, 0.3) is 5.91 Å². The van der Waals surface area contributed by atoms with Gasteiger partial charge in [-0.15, -0.1) is 12.4 Å². The van der Waals surface area contributed by atoms with Gasteiger partial charge in [0.1, 0.15) is 6.10 Å². The molecular weight excluding hydrogens is 296 g/mol. The molecule has 1 rings (SSSR count). The largest absolute Gasteiger partial charge is 0.370 e. The van der Waals surface area contributed by atoms with Crippen molar-refractivity contribution in [2.24, 2.45) is 5.73 Å². The summed E-state index contributed by atoms with van der Waals surface area (Å²) in [6.45, 7) is 7.69. The van der Waals surface area contributed by atoms with Crippen molar-refractivity contribution in [3.05, 3.63) is 0 Å². The number of hydrogen-bond donors (Lipinski definition) is 1. The van der Waals surface area contributed by atoms with Crippen LogP contribution < -0.4 is 5.73 Å². The maximum atomic E-state index is 12.2. The molecule has 0 aromatic rings. The smallest absolute Gasteiger partial charge is 0.320 e. The maximum Gasteiger partial charge on any atom is 0.320 e. The molecule has 0 aromatic heterocycles. The average molecular weight is 323 g/mol. The van der Waals surface area contributed by atoms with E-state index in [1.54, 1.807) is 14.7 Å². The van der Waals surface area contributed by atoms with Crippen LogP contribution in [0.5, 0.6) is 0 Å². The predicted octanol–water partition coefficient (Wildman–Crippen LogP) is -0.0121. The molecule has 1 unspecified atom stereocenters. The third-order valence-corrected chi connectivity index (χ3v) is 3.67. The SMILES string of the molecule is CCN(CC)C(=O)N1CCN(C(=O)C(CN)OC)CC1.Cl. The summed E-state index contributed by atoms with van der Waals surface area (Å²) >= 11 is 0. The van der Waals surface area contributed by atoms with E-state index < -0.39 is 6.10 Å². The number of hydrogen-bond acceptors (Lipinski definition) is 4. The van der Waals surface area contributed by atoms with Crippen LogP contribution in [0.3, 0.4) is 0 Å². The molecule has 8 heteroatoms. The van der Waals surface area contributed by atoms with Gasteiger partial charge < -0.3 is 25.2 Å². The molecule has 1 atom stereocenters. The van der Waals surface area contributed by atoms with Crippen LogP contribution in [0.1, 0.15) is 13.8 Å². The second kappa shape index (κ2) is 9.81. The number of halogens is 1. The van der Waals surface area contributed by atoms with Gasteiger partial charge in [-0.1, -0.05) is 0 Å². The van der Waals surface area contributed by atoms with Crippen molar-refractivity contribution in [3.63, 3.8) is 0 Å². The van der Waals surface area contributed by atoms with E-state index in [-0.39, 0.29) is 30.9 Å². The highest BCUT2D eigenvalue weighted by atomic mass is 35.5. The van der Waals surface area contributed by atoms with Gasteiger partial charge in [0.2, 0.25) is 0 Å². The van der Waals surface area contributed by atoms with Gasteiger partial charge in [0, 0.05) is 52.9 Å². The molecule has 0 aliphatic carbocycles. The van der Waals surface area contributed by atoms with Gasteiger partial charge in [-0.05, 0) is 13.8 Å². The molecule has 0 spiro atoms. The molecule has 1 saturated heterocycles. The number of amides is 3. The third kappa shape index (κ3) is 5.01. The van der Waals surface area contributed by atoms with E-state index in [2.05, 4.69) is 0 Å². The number of nitrogens with zero attached hydrogens (tertiary/aromatic N) is 3. The number of methoxy groups -OCH3 is 1. The third-order valence-electron chi connectivity index (χ3n) is 3.67. The predicted molar refractivity (Wildman–Crippen MR) is 83.6 cm³/mol. The van der Waals surface area contributed by atoms with E-state index in [0.717, 1.165) is 0 Å². The number of rotatable bonds is 5. The van der Waals surface area contributed by atoms with Gasteiger partial charge in [-0.25, -0.2) is 4.79 Å². The van der Waals surface area contributed by atoms with Crippen LogP contribution in [0, 0.1) is 0 Å². The number of urea groups is 1. The van der Waals surface area contributed by atoms with E-state index in [1.165, 1.54) is 7.11 Å². The molecule has 2 N–H and O–H groups in total. The highest BCUT2D eigenvalue weighted by molar-refractivity contribution is 5.85. The fourth-order valence-electron chi connectivity index (χ4n) is 2.31. The lowest BCUT2D eigenvalue weighted by Crippen LogP contribution is -2.56. The van der Waals surface area contributed by atoms with Crippen molar-refractivity contribution in [2.45, 2.75) is 20.0 Å². The first-order chi connectivity index (χ1) is 9.58. The van der Waals surface area contributed by atoms with Gasteiger partial charge in [0.15, 0.2) is 0 Å². The van der Waals surface area contributed by atoms with Gasteiger partial charge >= 0.3 is 6.03 Å². The molecule has 1 aliphatic heterocycles. The molecule has 0 saturated carbocycles. The summed E-state index contributed by atoms with van der Waals surface area (Å²) in [6.07, 6.45) is -0.583. The Labute approximate surface area is 132 Å². The monoisotopic (exact) mass is 322 g/mol. The van der Waals surface area contributed by atoms with Crippen LogP contribution in [-0.4, -0.2) is 85.7 Å². The van der Waals surface area contributed by atoms with E-state index in [1.807, 2.05) is 13.8 Å². The first-order valence-corrected chi connectivity index (χ1v) is 7.14. The van der Waals surface area contributed by atoms with Crippen molar-refractivity contribution in [1.82, 2.24) is 14.7 Å². The zero-order chi connectivity index (χ0) is 15.1. The van der Waals surface area contributed by atoms with Crippen LogP contribution in [0.2, 0.25) is 0 Å². The minimum atomic E-state index is -0.583. The number of carbonyl (C=O) groups is 2. The second-order valence-corrected chi connectivity index (χ2v) is 4.73. The van der Waals surface area contributed by atoms with E-state index >= 15 is 0 Å². The normalized spacial score (nSPS) is 16.2. The molecule has 1 heterocycles. The highest BCUT2D eigenvalue weighted by Crippen LogP contribution is 2.08. The lowest BCUT2D eigenvalue weighted by atomic mass is 10.2. The lowest BCUT2D eigenvalue weighted by Gasteiger charge is -2.38. The molecule has 1 fully saturated rings. The van der Waals surface area contributed by atoms with E-state index in [0.29, 0.717) is 39.3 Å². The maximum absolute atomic E-state index is 12.2. The molecule has 7 nitrogen and oxygen atoms in total. The summed E-state index contributed by atoms with van der Waals surface area (Å²) in [4.78, 5) is 29.6. The van der Waals surface area contributed by atoms with Crippen LogP contribution in [-0.2, 0) is 9.53 Å². The number of carbonyl (C=O) groups excluding carboxylic acids is 2. The van der Waals surface area contributed by atoms with Crippen molar-refractivity contribution in [1.29, 1.82) is 0 Å². The minimum absolute atomic E-state index is 0. The van der Waals surface area contributed by atoms with Crippen molar-refractivity contribution < 1.29 is 14.3 Å². The van der Waals surface area contributed by atoms with Crippen molar-refractivity contribution >= 4 is 24.3 Å². The summed E-state index contributed by atoms with van der Waals surface area (Å²) in [6, 6.07) is 0.0456. The molecule has 21 heavy (non-hydrogen) atoms. The van der Waals surface area contributed by atoms with Crippen molar-refractivity contribution in [2.75, 3.05) is 52.9 Å². The van der Waals surface area contributed by atoms with Crippen LogP contribution in [0.25, 0.3) is 0 Å². The first kappa shape index (κ1) is 19.9. The molecule has 3 amide bonds. The molecular formula is C13H27ClN4O3. The summed E-state index contributed by atoms with van der Waals surface area (Å²) in [5, 5.41) is 0. The van der Waals surface area contributed by atoms with Gasteiger partial charge in [0.05, 0.1) is 0 Å². The van der Waals surface area contributed by atoms with Crippen LogP contribution in [0.4, 0.5) is 4.79 Å². The Morgan fingerprint density at radius 2 is 1.62 bits per heavy atom. The molecule has 0 radical (unpaired) electrons. The topological polar surface area (TPSA) is 79.1 Å². The van der Waals surface area contributed by atoms with Crippen LogP contribution >= 0.6 is 12.4 Å². The quantitative estimate of drug-likeness (QED) is 0.772. The Kier molecular flexibility index (Phi) is 9.32. The number of piperazine rings is 1. The fourth-order valence-corrected chi connectivity index (χ4v) is 2.31. The molecule has 0 aromatic carbocycles. The molecule has 1 aliphatic rings. The Morgan fingerprint density at radius 1 is 1.14 bits per heavy atom. The Morgan fingerprint density at radius 3 is 2.00 bits per heavy atom. The van der Waals surface area contributed by atoms with Crippen molar-refractivity contribution in [3.8, 4) is 0 Å². The van der Waals surface area contributed by atoms with Gasteiger partial charge in [-0.2, -0.15) is 0 Å². The average Bonchev–Trinajstić information content (AvgIpc) is 2.49. The number of ether oxygens (including phenoxy) is 1. The summed E-state index contributed by atoms with van der Waals surface area (Å²) in [5.74, 6) is -0.0926. The summed E-state index contributed by atoms with van der Waals surface area (Å²) < 4.78 is 5.06.